The Hall–Kier alpha value is -0.970. The van der Waals surface area contributed by atoms with Crippen LogP contribution in [0.2, 0.25) is 0 Å². The molecule has 1 unspecified atom stereocenters. The average molecular weight is 257 g/mol. The minimum absolute atomic E-state index is 0.113. The maximum atomic E-state index is 5.85. The molecule has 0 radical (unpaired) electrons. The summed E-state index contributed by atoms with van der Waals surface area (Å²) in [5.41, 5.74) is 5.85. The van der Waals surface area contributed by atoms with Crippen molar-refractivity contribution < 1.29 is 4.74 Å². The van der Waals surface area contributed by atoms with Crippen LogP contribution in [0.1, 0.15) is 40.5 Å². The molecule has 98 valence electrons. The van der Waals surface area contributed by atoms with Crippen LogP contribution in [0, 0.1) is 0 Å². The van der Waals surface area contributed by atoms with E-state index in [1.807, 2.05) is 13.8 Å². The highest BCUT2D eigenvalue weighted by atomic mass is 32.1. The summed E-state index contributed by atoms with van der Waals surface area (Å²) >= 11 is 1.41. The number of nitrogen functional groups attached to an aromatic ring is 1. The second-order valence-electron chi connectivity index (χ2n) is 4.62. The van der Waals surface area contributed by atoms with Gasteiger partial charge in [0.25, 0.3) is 0 Å². The Bertz CT molecular complexity index is 352. The van der Waals surface area contributed by atoms with Crippen molar-refractivity contribution in [1.82, 2.24) is 4.37 Å². The van der Waals surface area contributed by atoms with Gasteiger partial charge in [0.1, 0.15) is 0 Å². The number of ether oxygens (including phenoxy) is 1. The van der Waals surface area contributed by atoms with Crippen molar-refractivity contribution in [1.29, 1.82) is 0 Å². The van der Waals surface area contributed by atoms with Crippen molar-refractivity contribution >= 4 is 22.4 Å². The fourth-order valence-corrected chi connectivity index (χ4v) is 2.48. The third-order valence-electron chi connectivity index (χ3n) is 2.70. The van der Waals surface area contributed by atoms with E-state index in [9.17, 15) is 0 Å². The lowest BCUT2D eigenvalue weighted by Gasteiger charge is -2.26. The first-order chi connectivity index (χ1) is 7.97. The van der Waals surface area contributed by atoms with Gasteiger partial charge in [-0.3, -0.25) is 0 Å². The van der Waals surface area contributed by atoms with Gasteiger partial charge in [0.15, 0.2) is 16.6 Å². The zero-order valence-electron chi connectivity index (χ0n) is 11.4. The molecule has 2 N–H and O–H groups in total. The van der Waals surface area contributed by atoms with E-state index < -0.39 is 0 Å². The van der Waals surface area contributed by atoms with Gasteiger partial charge in [-0.15, -0.1) is 0 Å². The predicted molar refractivity (Wildman–Crippen MR) is 75.1 cm³/mol. The quantitative estimate of drug-likeness (QED) is 0.850. The lowest BCUT2D eigenvalue weighted by atomic mass is 10.2. The number of nitrogens with two attached hydrogens (primary N) is 1. The maximum absolute atomic E-state index is 5.85. The molecule has 0 saturated carbocycles. The number of nitrogens with zero attached hydrogens (tertiary/aromatic N) is 2. The van der Waals surface area contributed by atoms with Crippen molar-refractivity contribution in [3.05, 3.63) is 0 Å². The molecule has 1 heterocycles. The van der Waals surface area contributed by atoms with E-state index >= 15 is 0 Å². The van der Waals surface area contributed by atoms with Gasteiger partial charge in [-0.1, -0.05) is 13.3 Å². The molecule has 0 aromatic carbocycles. The van der Waals surface area contributed by atoms with Crippen molar-refractivity contribution in [2.75, 3.05) is 17.7 Å². The molecular formula is C12H23N3OS. The summed E-state index contributed by atoms with van der Waals surface area (Å²) < 4.78 is 9.93. The second-order valence-corrected chi connectivity index (χ2v) is 5.37. The molecule has 0 spiro atoms. The molecule has 4 nitrogen and oxygen atoms in total. The molecule has 0 fully saturated rings. The monoisotopic (exact) mass is 257 g/mol. The summed E-state index contributed by atoms with van der Waals surface area (Å²) in [6, 6.07) is 0.467. The van der Waals surface area contributed by atoms with E-state index in [4.69, 9.17) is 10.5 Å². The molecule has 5 heteroatoms. The molecule has 0 aliphatic heterocycles. The Kier molecular flexibility index (Phi) is 5.05. The van der Waals surface area contributed by atoms with Gasteiger partial charge >= 0.3 is 0 Å². The van der Waals surface area contributed by atoms with Crippen LogP contribution in [0.3, 0.4) is 0 Å². The van der Waals surface area contributed by atoms with Crippen molar-refractivity contribution in [3.63, 3.8) is 0 Å². The zero-order valence-corrected chi connectivity index (χ0v) is 12.2. The third kappa shape index (κ3) is 3.49. The van der Waals surface area contributed by atoms with Gasteiger partial charge < -0.3 is 15.4 Å². The van der Waals surface area contributed by atoms with Crippen LogP contribution in [-0.2, 0) is 0 Å². The Balaban J connectivity index is 2.89. The standard InChI is InChI=1S/C12H23N3OS/c1-6-7-9(4)15(5)12-10(16-8(2)3)11(13)14-17-12/h8-9H,6-7H2,1-5H3,(H2,13,14). The van der Waals surface area contributed by atoms with E-state index in [-0.39, 0.29) is 6.10 Å². The average Bonchev–Trinajstić information content (AvgIpc) is 2.59. The molecule has 0 aliphatic carbocycles. The molecule has 0 amide bonds. The number of aromatic nitrogens is 1. The van der Waals surface area contributed by atoms with E-state index in [2.05, 4.69) is 30.2 Å². The fraction of sp³-hybridized carbons (Fsp3) is 0.750. The van der Waals surface area contributed by atoms with Crippen molar-refractivity contribution in [2.45, 2.75) is 52.7 Å². The van der Waals surface area contributed by atoms with Gasteiger partial charge in [-0.05, 0) is 38.7 Å². The lowest BCUT2D eigenvalue weighted by molar-refractivity contribution is 0.244. The van der Waals surface area contributed by atoms with E-state index in [1.54, 1.807) is 0 Å². The van der Waals surface area contributed by atoms with Crippen LogP contribution in [0.5, 0.6) is 5.75 Å². The third-order valence-corrected chi connectivity index (χ3v) is 3.63. The number of hydrogen-bond acceptors (Lipinski definition) is 5. The maximum Gasteiger partial charge on any atom is 0.198 e. The van der Waals surface area contributed by atoms with Gasteiger partial charge in [-0.25, -0.2) is 0 Å². The first-order valence-corrected chi connectivity index (χ1v) is 6.89. The van der Waals surface area contributed by atoms with Crippen LogP contribution in [0.25, 0.3) is 0 Å². The minimum Gasteiger partial charge on any atom is -0.484 e. The second kappa shape index (κ2) is 6.10. The summed E-state index contributed by atoms with van der Waals surface area (Å²) in [6.45, 7) is 8.39. The summed E-state index contributed by atoms with van der Waals surface area (Å²) in [5.74, 6) is 1.23. The number of anilines is 2. The summed E-state index contributed by atoms with van der Waals surface area (Å²) in [5, 5.41) is 1.03. The number of hydrogen-bond donors (Lipinski definition) is 1. The van der Waals surface area contributed by atoms with Crippen molar-refractivity contribution in [3.8, 4) is 5.75 Å². The Morgan fingerprint density at radius 3 is 2.59 bits per heavy atom. The molecule has 1 aromatic rings. The van der Waals surface area contributed by atoms with Crippen LogP contribution >= 0.6 is 11.5 Å². The first kappa shape index (κ1) is 14.1. The molecule has 0 aliphatic rings. The normalized spacial score (nSPS) is 12.8. The molecule has 17 heavy (non-hydrogen) atoms. The Labute approximate surface area is 108 Å². The van der Waals surface area contributed by atoms with Crippen LogP contribution in [0.4, 0.5) is 10.8 Å². The number of rotatable bonds is 6. The minimum atomic E-state index is 0.113. The smallest absolute Gasteiger partial charge is 0.198 e. The molecular weight excluding hydrogens is 234 g/mol. The fourth-order valence-electron chi connectivity index (χ4n) is 1.67. The zero-order chi connectivity index (χ0) is 13.0. The topological polar surface area (TPSA) is 51.4 Å². The van der Waals surface area contributed by atoms with E-state index in [1.165, 1.54) is 18.0 Å². The largest absolute Gasteiger partial charge is 0.484 e. The van der Waals surface area contributed by atoms with Gasteiger partial charge in [0, 0.05) is 13.1 Å². The highest BCUT2D eigenvalue weighted by Gasteiger charge is 2.20. The van der Waals surface area contributed by atoms with E-state index in [0.29, 0.717) is 11.9 Å². The van der Waals surface area contributed by atoms with Crippen LogP contribution in [-0.4, -0.2) is 23.6 Å². The Morgan fingerprint density at radius 1 is 1.41 bits per heavy atom. The SMILES string of the molecule is CCCC(C)N(C)c1snc(N)c1OC(C)C. The highest BCUT2D eigenvalue weighted by molar-refractivity contribution is 7.11. The Morgan fingerprint density at radius 2 is 2.06 bits per heavy atom. The van der Waals surface area contributed by atoms with Crippen LogP contribution in [0.15, 0.2) is 0 Å². The lowest BCUT2D eigenvalue weighted by Crippen LogP contribution is -2.28. The summed E-state index contributed by atoms with van der Waals surface area (Å²) in [6.07, 6.45) is 2.43. The van der Waals surface area contributed by atoms with Crippen LogP contribution < -0.4 is 15.4 Å². The summed E-state index contributed by atoms with van der Waals surface area (Å²) in [4.78, 5) is 2.20. The van der Waals surface area contributed by atoms with E-state index in [0.717, 1.165) is 17.2 Å². The van der Waals surface area contributed by atoms with Gasteiger partial charge in [0.05, 0.1) is 6.10 Å². The van der Waals surface area contributed by atoms with Crippen molar-refractivity contribution in [2.24, 2.45) is 0 Å². The highest BCUT2D eigenvalue weighted by Crippen LogP contribution is 2.39. The predicted octanol–water partition coefficient (Wildman–Crippen LogP) is 3.14. The molecule has 1 aromatic heterocycles. The molecule has 0 bridgehead atoms. The summed E-state index contributed by atoms with van der Waals surface area (Å²) in [7, 11) is 2.07. The first-order valence-electron chi connectivity index (χ1n) is 6.12. The van der Waals surface area contributed by atoms with Gasteiger partial charge in [-0.2, -0.15) is 4.37 Å². The molecule has 0 saturated heterocycles. The molecule has 1 atom stereocenters. The van der Waals surface area contributed by atoms with Gasteiger partial charge in [0.2, 0.25) is 0 Å². The molecule has 1 rings (SSSR count).